The Bertz CT molecular complexity index is 617. The highest BCUT2D eigenvalue weighted by molar-refractivity contribution is 7.18. The molecular weight excluding hydrogens is 280 g/mol. The van der Waals surface area contributed by atoms with Crippen molar-refractivity contribution in [2.75, 3.05) is 0 Å². The summed E-state index contributed by atoms with van der Waals surface area (Å²) in [7, 11) is 0. The summed E-state index contributed by atoms with van der Waals surface area (Å²) < 4.78 is 0.703. The van der Waals surface area contributed by atoms with Crippen molar-refractivity contribution in [2.45, 2.75) is 13.8 Å². The zero-order valence-corrected chi connectivity index (χ0v) is 12.2. The maximum absolute atomic E-state index is 11.9. The van der Waals surface area contributed by atoms with E-state index in [1.807, 2.05) is 38.1 Å². The molecule has 1 aromatic heterocycles. The third-order valence-electron chi connectivity index (χ3n) is 2.57. The van der Waals surface area contributed by atoms with Crippen molar-refractivity contribution in [3.8, 4) is 0 Å². The first-order valence-electron chi connectivity index (χ1n) is 5.73. The Morgan fingerprint density at radius 3 is 2.47 bits per heavy atom. The number of carbonyl (C=O) groups is 1. The number of amides is 1. The summed E-state index contributed by atoms with van der Waals surface area (Å²) in [6.45, 7) is 3.81. The maximum Gasteiger partial charge on any atom is 0.271 e. The minimum absolute atomic E-state index is 0.220. The largest absolute Gasteiger partial charge is 0.271 e. The minimum atomic E-state index is -0.220. The maximum atomic E-state index is 11.9. The fraction of sp³-hybridized carbons (Fsp3) is 0.143. The lowest BCUT2D eigenvalue weighted by Crippen LogP contribution is -2.19. The number of nitrogens with zero attached hydrogens (tertiary/aromatic N) is 1. The molecule has 0 saturated heterocycles. The summed E-state index contributed by atoms with van der Waals surface area (Å²) in [5.74, 6) is -0.220. The van der Waals surface area contributed by atoms with Gasteiger partial charge in [0.15, 0.2) is 0 Å². The zero-order valence-electron chi connectivity index (χ0n) is 10.6. The van der Waals surface area contributed by atoms with E-state index >= 15 is 0 Å². The second kappa shape index (κ2) is 5.99. The van der Waals surface area contributed by atoms with E-state index in [-0.39, 0.29) is 5.91 Å². The molecular formula is C14H13ClN2OS. The van der Waals surface area contributed by atoms with Crippen LogP contribution in [-0.2, 0) is 0 Å². The Balaban J connectivity index is 2.05. The molecule has 0 unspecified atom stereocenters. The molecule has 98 valence electrons. The SMILES string of the molecule is CC(=NNC(=O)c1ccc(C)cc1)c1ccc(Cl)s1. The van der Waals surface area contributed by atoms with Crippen LogP contribution in [0.2, 0.25) is 4.34 Å². The number of nitrogens with one attached hydrogen (secondary N) is 1. The van der Waals surface area contributed by atoms with Crippen molar-refractivity contribution in [1.82, 2.24) is 5.43 Å². The number of rotatable bonds is 3. The standard InChI is InChI=1S/C14H13ClN2OS/c1-9-3-5-11(6-4-9)14(18)17-16-10(2)12-7-8-13(15)19-12/h3-8H,1-2H3,(H,17,18). The average molecular weight is 293 g/mol. The molecule has 0 spiro atoms. The number of halogens is 1. The Morgan fingerprint density at radius 1 is 1.21 bits per heavy atom. The van der Waals surface area contributed by atoms with E-state index in [1.165, 1.54) is 11.3 Å². The van der Waals surface area contributed by atoms with Gasteiger partial charge in [-0.05, 0) is 38.1 Å². The molecule has 0 fully saturated rings. The summed E-state index contributed by atoms with van der Waals surface area (Å²) >= 11 is 7.28. The first-order chi connectivity index (χ1) is 9.06. The van der Waals surface area contributed by atoms with E-state index in [1.54, 1.807) is 12.1 Å². The predicted molar refractivity (Wildman–Crippen MR) is 80.2 cm³/mol. The van der Waals surface area contributed by atoms with Gasteiger partial charge in [0.2, 0.25) is 0 Å². The monoisotopic (exact) mass is 292 g/mol. The van der Waals surface area contributed by atoms with Gasteiger partial charge in [0, 0.05) is 5.56 Å². The number of hydrogen-bond donors (Lipinski definition) is 1. The van der Waals surface area contributed by atoms with Crippen LogP contribution in [0.15, 0.2) is 41.5 Å². The topological polar surface area (TPSA) is 41.5 Å². The van der Waals surface area contributed by atoms with Crippen LogP contribution in [0.25, 0.3) is 0 Å². The van der Waals surface area contributed by atoms with Crippen LogP contribution in [0, 0.1) is 6.92 Å². The Hall–Kier alpha value is -1.65. The molecule has 1 heterocycles. The quantitative estimate of drug-likeness (QED) is 0.677. The van der Waals surface area contributed by atoms with Gasteiger partial charge < -0.3 is 0 Å². The first kappa shape index (κ1) is 13.8. The number of benzene rings is 1. The van der Waals surface area contributed by atoms with Gasteiger partial charge in [-0.1, -0.05) is 29.3 Å². The minimum Gasteiger partial charge on any atom is -0.267 e. The van der Waals surface area contributed by atoms with Crippen LogP contribution in [0.1, 0.15) is 27.7 Å². The molecule has 1 aromatic carbocycles. The van der Waals surface area contributed by atoms with Gasteiger partial charge in [-0.25, -0.2) is 5.43 Å². The summed E-state index contributed by atoms with van der Waals surface area (Å²) in [5.41, 5.74) is 4.98. The van der Waals surface area contributed by atoms with E-state index in [0.29, 0.717) is 9.90 Å². The summed E-state index contributed by atoms with van der Waals surface area (Å²) in [6.07, 6.45) is 0. The van der Waals surface area contributed by atoms with Crippen LogP contribution in [0.3, 0.4) is 0 Å². The van der Waals surface area contributed by atoms with Crippen molar-refractivity contribution in [3.05, 3.63) is 56.7 Å². The molecule has 0 aliphatic carbocycles. The molecule has 0 aliphatic rings. The fourth-order valence-electron chi connectivity index (χ4n) is 1.47. The molecule has 5 heteroatoms. The van der Waals surface area contributed by atoms with Gasteiger partial charge in [0.1, 0.15) is 0 Å². The second-order valence-corrected chi connectivity index (χ2v) is 5.82. The van der Waals surface area contributed by atoms with Crippen LogP contribution >= 0.6 is 22.9 Å². The third kappa shape index (κ3) is 3.66. The molecule has 2 aromatic rings. The lowest BCUT2D eigenvalue weighted by molar-refractivity contribution is 0.0955. The molecule has 1 amide bonds. The summed E-state index contributed by atoms with van der Waals surface area (Å²) in [4.78, 5) is 12.8. The predicted octanol–water partition coefficient (Wildman–Crippen LogP) is 3.86. The van der Waals surface area contributed by atoms with Gasteiger partial charge in [-0.2, -0.15) is 5.10 Å². The van der Waals surface area contributed by atoms with Gasteiger partial charge in [-0.15, -0.1) is 11.3 Å². The highest BCUT2D eigenvalue weighted by Gasteiger charge is 2.05. The van der Waals surface area contributed by atoms with Gasteiger partial charge in [0.25, 0.3) is 5.91 Å². The van der Waals surface area contributed by atoms with Crippen LogP contribution in [0.5, 0.6) is 0 Å². The molecule has 0 radical (unpaired) electrons. The van der Waals surface area contributed by atoms with Crippen molar-refractivity contribution in [3.63, 3.8) is 0 Å². The van der Waals surface area contributed by atoms with Crippen LogP contribution in [-0.4, -0.2) is 11.6 Å². The Labute approximate surface area is 120 Å². The molecule has 1 N–H and O–H groups in total. The molecule has 3 nitrogen and oxygen atoms in total. The lowest BCUT2D eigenvalue weighted by Gasteiger charge is -2.01. The number of hydrogen-bond acceptors (Lipinski definition) is 3. The first-order valence-corrected chi connectivity index (χ1v) is 6.93. The zero-order chi connectivity index (χ0) is 13.8. The molecule has 19 heavy (non-hydrogen) atoms. The number of carbonyl (C=O) groups excluding carboxylic acids is 1. The summed E-state index contributed by atoms with van der Waals surface area (Å²) in [5, 5.41) is 4.08. The molecule has 0 aliphatic heterocycles. The van der Waals surface area contributed by atoms with Crippen molar-refractivity contribution >= 4 is 34.6 Å². The lowest BCUT2D eigenvalue weighted by atomic mass is 10.1. The van der Waals surface area contributed by atoms with Gasteiger partial charge in [-0.3, -0.25) is 4.79 Å². The Morgan fingerprint density at radius 2 is 1.89 bits per heavy atom. The van der Waals surface area contributed by atoms with E-state index in [2.05, 4.69) is 10.5 Å². The van der Waals surface area contributed by atoms with Gasteiger partial charge in [0.05, 0.1) is 14.9 Å². The highest BCUT2D eigenvalue weighted by Crippen LogP contribution is 2.21. The van der Waals surface area contributed by atoms with Crippen LogP contribution < -0.4 is 5.43 Å². The van der Waals surface area contributed by atoms with Crippen molar-refractivity contribution < 1.29 is 4.79 Å². The number of aryl methyl sites for hydroxylation is 1. The van der Waals surface area contributed by atoms with E-state index < -0.39 is 0 Å². The molecule has 2 rings (SSSR count). The second-order valence-electron chi connectivity index (χ2n) is 4.11. The number of thiophene rings is 1. The third-order valence-corrected chi connectivity index (χ3v) is 3.91. The van der Waals surface area contributed by atoms with Crippen molar-refractivity contribution in [1.29, 1.82) is 0 Å². The average Bonchev–Trinajstić information content (AvgIpc) is 2.83. The highest BCUT2D eigenvalue weighted by atomic mass is 35.5. The molecule has 0 saturated carbocycles. The molecule has 0 atom stereocenters. The van der Waals surface area contributed by atoms with E-state index in [0.717, 1.165) is 16.2 Å². The van der Waals surface area contributed by atoms with E-state index in [9.17, 15) is 4.79 Å². The van der Waals surface area contributed by atoms with E-state index in [4.69, 9.17) is 11.6 Å². The Kier molecular flexibility index (Phi) is 4.35. The smallest absolute Gasteiger partial charge is 0.267 e. The fourth-order valence-corrected chi connectivity index (χ4v) is 2.46. The van der Waals surface area contributed by atoms with Crippen LogP contribution in [0.4, 0.5) is 0 Å². The van der Waals surface area contributed by atoms with Gasteiger partial charge >= 0.3 is 0 Å². The van der Waals surface area contributed by atoms with Crippen molar-refractivity contribution in [2.24, 2.45) is 5.10 Å². The molecule has 0 bridgehead atoms. The summed E-state index contributed by atoms with van der Waals surface area (Å²) in [6, 6.07) is 11.0. The normalized spacial score (nSPS) is 11.4. The number of hydrazone groups is 1.